The van der Waals surface area contributed by atoms with E-state index in [1.165, 1.54) is 0 Å². The van der Waals surface area contributed by atoms with E-state index in [1.54, 1.807) is 0 Å². The van der Waals surface area contributed by atoms with Crippen molar-refractivity contribution in [2.24, 2.45) is 11.5 Å². The number of carboxylic acids is 2. The molecule has 0 bridgehead atoms. The van der Waals surface area contributed by atoms with Gasteiger partial charge in [-0.1, -0.05) is 0 Å². The summed E-state index contributed by atoms with van der Waals surface area (Å²) in [4.78, 5) is 44.8. The van der Waals surface area contributed by atoms with Crippen LogP contribution in [-0.4, -0.2) is 94.4 Å². The van der Waals surface area contributed by atoms with Gasteiger partial charge in [0.05, 0.1) is 12.6 Å². The first-order valence-corrected chi connectivity index (χ1v) is 9.15. The topological polar surface area (TPSA) is 167 Å². The third-order valence-electron chi connectivity index (χ3n) is 4.50. The van der Waals surface area contributed by atoms with Crippen molar-refractivity contribution in [2.45, 2.75) is 50.1 Å². The normalized spacial score (nSPS) is 21.5. The summed E-state index contributed by atoms with van der Waals surface area (Å²) in [5.41, 5.74) is 10.8. The minimum atomic E-state index is -5.08. The summed E-state index contributed by atoms with van der Waals surface area (Å²) >= 11 is 0. The second kappa shape index (κ2) is 12.4. The van der Waals surface area contributed by atoms with E-state index in [0.717, 1.165) is 38.8 Å². The molecule has 32 heavy (non-hydrogen) atoms. The molecule has 2 fully saturated rings. The molecule has 2 amide bonds. The van der Waals surface area contributed by atoms with E-state index in [-0.39, 0.29) is 30.4 Å². The Bertz CT molecular complexity index is 648. The fourth-order valence-electron chi connectivity index (χ4n) is 3.11. The van der Waals surface area contributed by atoms with Crippen molar-refractivity contribution in [3.63, 3.8) is 0 Å². The van der Waals surface area contributed by atoms with Crippen LogP contribution in [0, 0.1) is 0 Å². The molecule has 0 aromatic rings. The SMILES string of the molecule is NCC(=O)N1CCC[C@@H](N2CCC[C@H]2C(N)=O)C1.O=C(O)C(F)(F)F.O=C(O)C(F)(F)F. The molecule has 10 nitrogen and oxygen atoms in total. The molecule has 0 radical (unpaired) electrons. The first kappa shape index (κ1) is 29.4. The van der Waals surface area contributed by atoms with Crippen LogP contribution in [0.2, 0.25) is 0 Å². The molecule has 2 aliphatic heterocycles. The molecule has 2 heterocycles. The smallest absolute Gasteiger partial charge is 0.475 e. The molecule has 16 heteroatoms. The van der Waals surface area contributed by atoms with Gasteiger partial charge < -0.3 is 26.6 Å². The van der Waals surface area contributed by atoms with E-state index in [4.69, 9.17) is 31.3 Å². The molecule has 0 aliphatic carbocycles. The lowest BCUT2D eigenvalue weighted by molar-refractivity contribution is -0.193. The Hall–Kier alpha value is -2.62. The van der Waals surface area contributed by atoms with Crippen LogP contribution in [0.25, 0.3) is 0 Å². The van der Waals surface area contributed by atoms with Gasteiger partial charge >= 0.3 is 24.3 Å². The first-order chi connectivity index (χ1) is 14.5. The van der Waals surface area contributed by atoms with Crippen molar-refractivity contribution < 1.29 is 55.7 Å². The van der Waals surface area contributed by atoms with Crippen LogP contribution in [0.5, 0.6) is 0 Å². The summed E-state index contributed by atoms with van der Waals surface area (Å²) in [6.45, 7) is 2.43. The Kier molecular flexibility index (Phi) is 11.4. The average molecular weight is 482 g/mol. The molecule has 186 valence electrons. The number of nitrogens with two attached hydrogens (primary N) is 2. The number of rotatable bonds is 3. The highest BCUT2D eigenvalue weighted by atomic mass is 19.4. The average Bonchev–Trinajstić information content (AvgIpc) is 3.17. The lowest BCUT2D eigenvalue weighted by Crippen LogP contribution is -2.54. The number of aliphatic carboxylic acids is 2. The van der Waals surface area contributed by atoms with Gasteiger partial charge in [-0.3, -0.25) is 14.5 Å². The summed E-state index contributed by atoms with van der Waals surface area (Å²) in [7, 11) is 0. The number of amides is 2. The summed E-state index contributed by atoms with van der Waals surface area (Å²) < 4.78 is 63.5. The monoisotopic (exact) mass is 482 g/mol. The zero-order valence-corrected chi connectivity index (χ0v) is 16.7. The molecular formula is C16H24F6N4O6. The first-order valence-electron chi connectivity index (χ1n) is 9.15. The van der Waals surface area contributed by atoms with Crippen molar-refractivity contribution in [1.29, 1.82) is 0 Å². The van der Waals surface area contributed by atoms with E-state index in [1.807, 2.05) is 4.90 Å². The lowest BCUT2D eigenvalue weighted by Gasteiger charge is -2.39. The third kappa shape index (κ3) is 10.1. The quantitative estimate of drug-likeness (QED) is 0.413. The number of alkyl halides is 6. The van der Waals surface area contributed by atoms with Crippen LogP contribution in [0.4, 0.5) is 26.3 Å². The van der Waals surface area contributed by atoms with E-state index < -0.39 is 24.3 Å². The number of primary amides is 1. The molecule has 2 aliphatic rings. The molecule has 0 aromatic heterocycles. The number of hydrogen-bond acceptors (Lipinski definition) is 6. The van der Waals surface area contributed by atoms with Crippen LogP contribution in [0.3, 0.4) is 0 Å². The highest BCUT2D eigenvalue weighted by Crippen LogP contribution is 2.25. The van der Waals surface area contributed by atoms with Gasteiger partial charge in [-0.25, -0.2) is 9.59 Å². The van der Waals surface area contributed by atoms with Crippen molar-refractivity contribution >= 4 is 23.8 Å². The predicted molar refractivity (Wildman–Crippen MR) is 95.0 cm³/mol. The van der Waals surface area contributed by atoms with Gasteiger partial charge in [0.1, 0.15) is 0 Å². The number of nitrogens with zero attached hydrogens (tertiary/aromatic N) is 2. The number of hydrogen-bond donors (Lipinski definition) is 4. The zero-order chi connectivity index (χ0) is 25.3. The molecular weight excluding hydrogens is 458 g/mol. The highest BCUT2D eigenvalue weighted by molar-refractivity contribution is 5.80. The Morgan fingerprint density at radius 1 is 0.875 bits per heavy atom. The van der Waals surface area contributed by atoms with Gasteiger partial charge in [-0.2, -0.15) is 26.3 Å². The highest BCUT2D eigenvalue weighted by Gasteiger charge is 2.39. The Labute approximate surface area is 178 Å². The molecule has 2 saturated heterocycles. The number of carboxylic acid groups (broad SMARTS) is 2. The molecule has 6 N–H and O–H groups in total. The summed E-state index contributed by atoms with van der Waals surface area (Å²) in [5.74, 6) is -5.76. The van der Waals surface area contributed by atoms with Crippen LogP contribution in [0.15, 0.2) is 0 Å². The van der Waals surface area contributed by atoms with Gasteiger partial charge in [-0.05, 0) is 32.2 Å². The maximum absolute atomic E-state index is 11.6. The lowest BCUT2D eigenvalue weighted by atomic mass is 10.0. The van der Waals surface area contributed by atoms with Crippen LogP contribution < -0.4 is 11.5 Å². The molecule has 0 unspecified atom stereocenters. The summed E-state index contributed by atoms with van der Waals surface area (Å²) in [6.07, 6.45) is -6.32. The maximum Gasteiger partial charge on any atom is 0.490 e. The molecule has 2 atom stereocenters. The van der Waals surface area contributed by atoms with Gasteiger partial charge in [-0.15, -0.1) is 0 Å². The van der Waals surface area contributed by atoms with Crippen LogP contribution in [-0.2, 0) is 19.2 Å². The fraction of sp³-hybridized carbons (Fsp3) is 0.750. The fourth-order valence-corrected chi connectivity index (χ4v) is 3.11. The Morgan fingerprint density at radius 2 is 1.31 bits per heavy atom. The van der Waals surface area contributed by atoms with Crippen molar-refractivity contribution in [3.8, 4) is 0 Å². The summed E-state index contributed by atoms with van der Waals surface area (Å²) in [6, 6.07) is 0.108. The predicted octanol–water partition coefficient (Wildman–Crippen LogP) is 0.152. The third-order valence-corrected chi connectivity index (χ3v) is 4.50. The van der Waals surface area contributed by atoms with Gasteiger partial charge in [0.2, 0.25) is 11.8 Å². The van der Waals surface area contributed by atoms with Gasteiger partial charge in [0, 0.05) is 19.1 Å². The number of piperidine rings is 1. The van der Waals surface area contributed by atoms with Crippen LogP contribution in [0.1, 0.15) is 25.7 Å². The van der Waals surface area contributed by atoms with Crippen molar-refractivity contribution in [1.82, 2.24) is 9.80 Å². The standard InChI is InChI=1S/C12H22N4O2.2C2HF3O2/c13-7-11(17)15-5-1-3-9(8-15)16-6-2-4-10(16)12(14)18;2*3-2(4,5)1(6)7/h9-10H,1-8,13H2,(H2,14,18);2*(H,6,7)/t9-,10+;;/m1../s1. The second-order valence-electron chi connectivity index (χ2n) is 6.74. The molecule has 0 saturated carbocycles. The maximum atomic E-state index is 11.6. The minimum absolute atomic E-state index is 0.00507. The molecule has 0 spiro atoms. The largest absolute Gasteiger partial charge is 0.490 e. The summed E-state index contributed by atoms with van der Waals surface area (Å²) in [5, 5.41) is 14.2. The molecule has 0 aromatic carbocycles. The van der Waals surface area contributed by atoms with E-state index in [2.05, 4.69) is 4.90 Å². The van der Waals surface area contributed by atoms with Crippen molar-refractivity contribution in [2.75, 3.05) is 26.2 Å². The Morgan fingerprint density at radius 3 is 1.69 bits per heavy atom. The minimum Gasteiger partial charge on any atom is -0.475 e. The van der Waals surface area contributed by atoms with E-state index >= 15 is 0 Å². The van der Waals surface area contributed by atoms with E-state index in [0.29, 0.717) is 6.54 Å². The van der Waals surface area contributed by atoms with Crippen molar-refractivity contribution in [3.05, 3.63) is 0 Å². The number of carbonyl (C=O) groups is 4. The molecule has 2 rings (SSSR count). The van der Waals surface area contributed by atoms with E-state index in [9.17, 15) is 35.9 Å². The zero-order valence-electron chi connectivity index (χ0n) is 16.7. The second-order valence-corrected chi connectivity index (χ2v) is 6.74. The number of halogens is 6. The number of likely N-dealkylation sites (tertiary alicyclic amines) is 2. The Balaban J connectivity index is 0.000000570. The van der Waals surface area contributed by atoms with Crippen LogP contribution >= 0.6 is 0 Å². The van der Waals surface area contributed by atoms with Gasteiger partial charge in [0.25, 0.3) is 0 Å². The number of carbonyl (C=O) groups excluding carboxylic acids is 2. The van der Waals surface area contributed by atoms with Gasteiger partial charge in [0.15, 0.2) is 0 Å².